The Morgan fingerprint density at radius 2 is 1.71 bits per heavy atom. The van der Waals surface area contributed by atoms with E-state index >= 15 is 0 Å². The van der Waals surface area contributed by atoms with E-state index < -0.39 is 6.10 Å². The van der Waals surface area contributed by atoms with Crippen molar-refractivity contribution in [3.05, 3.63) is 17.2 Å². The summed E-state index contributed by atoms with van der Waals surface area (Å²) in [5, 5.41) is 10.6. The van der Waals surface area contributed by atoms with Gasteiger partial charge in [-0.05, 0) is 27.7 Å². The minimum absolute atomic E-state index is 0.0305. The Morgan fingerprint density at radius 3 is 2.24 bits per heavy atom. The summed E-state index contributed by atoms with van der Waals surface area (Å²) in [6.45, 7) is 7.66. The monoisotopic (exact) mass is 296 g/mol. The average Bonchev–Trinajstić information content (AvgIpc) is 2.43. The molecule has 5 heteroatoms. The molecule has 1 aromatic rings. The van der Waals surface area contributed by atoms with E-state index in [0.29, 0.717) is 22.8 Å². The number of aliphatic hydroxyl groups excluding tert-OH is 1. The number of methoxy groups -OCH3 is 2. The summed E-state index contributed by atoms with van der Waals surface area (Å²) in [5.74, 6) is 1.76. The molecule has 2 rings (SSSR count). The van der Waals surface area contributed by atoms with Crippen LogP contribution in [-0.2, 0) is 4.74 Å². The second-order valence-electron chi connectivity index (χ2n) is 5.53. The largest absolute Gasteiger partial charge is 0.496 e. The first-order chi connectivity index (χ1) is 9.90. The number of fused-ring (bicyclic) bond motifs is 1. The quantitative estimate of drug-likeness (QED) is 0.925. The molecular formula is C16H24O5. The van der Waals surface area contributed by atoms with Crippen LogP contribution in [0.4, 0.5) is 0 Å². The first kappa shape index (κ1) is 15.9. The van der Waals surface area contributed by atoms with Crippen molar-refractivity contribution in [2.75, 3.05) is 14.2 Å². The maximum atomic E-state index is 10.6. The van der Waals surface area contributed by atoms with Crippen LogP contribution in [0.1, 0.15) is 51.0 Å². The summed E-state index contributed by atoms with van der Waals surface area (Å²) in [6.07, 6.45) is -1.32. The third-order valence-corrected chi connectivity index (χ3v) is 3.65. The van der Waals surface area contributed by atoms with Crippen molar-refractivity contribution in [1.82, 2.24) is 0 Å². The zero-order valence-electron chi connectivity index (χ0n) is 13.5. The summed E-state index contributed by atoms with van der Waals surface area (Å²) in [7, 11) is 3.17. The molecule has 0 radical (unpaired) electrons. The summed E-state index contributed by atoms with van der Waals surface area (Å²) in [5.41, 5.74) is 1.52. The van der Waals surface area contributed by atoms with Gasteiger partial charge in [0.1, 0.15) is 11.9 Å². The molecule has 1 heterocycles. The summed E-state index contributed by atoms with van der Waals surface area (Å²) in [6, 6.07) is 1.78. The highest BCUT2D eigenvalue weighted by Crippen LogP contribution is 2.50. The molecular weight excluding hydrogens is 272 g/mol. The number of benzene rings is 1. The van der Waals surface area contributed by atoms with Gasteiger partial charge in [-0.25, -0.2) is 0 Å². The smallest absolute Gasteiger partial charge is 0.168 e. The molecule has 5 nitrogen and oxygen atoms in total. The van der Waals surface area contributed by atoms with Crippen LogP contribution >= 0.6 is 0 Å². The van der Waals surface area contributed by atoms with Crippen molar-refractivity contribution in [2.45, 2.75) is 52.1 Å². The molecule has 3 atom stereocenters. The zero-order chi connectivity index (χ0) is 15.7. The van der Waals surface area contributed by atoms with E-state index in [1.165, 1.54) is 0 Å². The van der Waals surface area contributed by atoms with Crippen LogP contribution < -0.4 is 14.2 Å². The fraction of sp³-hybridized carbons (Fsp3) is 0.625. The lowest BCUT2D eigenvalue weighted by Crippen LogP contribution is -2.29. The summed E-state index contributed by atoms with van der Waals surface area (Å²) in [4.78, 5) is 0. The van der Waals surface area contributed by atoms with E-state index in [-0.39, 0.29) is 18.3 Å². The first-order valence-corrected chi connectivity index (χ1v) is 7.19. The predicted octanol–water partition coefficient (Wildman–Crippen LogP) is 3.00. The van der Waals surface area contributed by atoms with Crippen LogP contribution in [0, 0.1) is 0 Å². The molecule has 0 aromatic heterocycles. The van der Waals surface area contributed by atoms with E-state index in [2.05, 4.69) is 0 Å². The van der Waals surface area contributed by atoms with Gasteiger partial charge < -0.3 is 24.1 Å². The Hall–Kier alpha value is -1.46. The van der Waals surface area contributed by atoms with Crippen molar-refractivity contribution >= 4 is 0 Å². The van der Waals surface area contributed by atoms with Gasteiger partial charge in [-0.1, -0.05) is 0 Å². The highest BCUT2D eigenvalue weighted by molar-refractivity contribution is 5.60. The molecule has 118 valence electrons. The zero-order valence-corrected chi connectivity index (χ0v) is 13.5. The van der Waals surface area contributed by atoms with Crippen molar-refractivity contribution in [3.63, 3.8) is 0 Å². The van der Waals surface area contributed by atoms with E-state index in [1.54, 1.807) is 20.3 Å². The maximum Gasteiger partial charge on any atom is 0.168 e. The second kappa shape index (κ2) is 6.12. The van der Waals surface area contributed by atoms with Gasteiger partial charge in [-0.15, -0.1) is 0 Å². The van der Waals surface area contributed by atoms with E-state index in [4.69, 9.17) is 18.9 Å². The van der Waals surface area contributed by atoms with E-state index in [9.17, 15) is 5.11 Å². The molecule has 21 heavy (non-hydrogen) atoms. The SMILES string of the molecule is COc1cc(OC)c2c(c1OC(C)C)[C@H](O)[C@H](C)O[C@H]2C. The number of rotatable bonds is 4. The van der Waals surface area contributed by atoms with Crippen molar-refractivity contribution in [2.24, 2.45) is 0 Å². The fourth-order valence-corrected chi connectivity index (χ4v) is 2.74. The minimum atomic E-state index is -0.783. The van der Waals surface area contributed by atoms with Crippen LogP contribution in [0.5, 0.6) is 17.2 Å². The standard InChI is InChI=1S/C16H24O5/c1-8(2)20-16-12(19-6)7-11(18-5)13-9(3)21-10(4)15(17)14(13)16/h7-10,15,17H,1-6H3/t9-,10-,15+/m0/s1. The minimum Gasteiger partial charge on any atom is -0.496 e. The summed E-state index contributed by atoms with van der Waals surface area (Å²) < 4.78 is 22.5. The average molecular weight is 296 g/mol. The number of ether oxygens (including phenoxy) is 4. The second-order valence-corrected chi connectivity index (χ2v) is 5.53. The van der Waals surface area contributed by atoms with Crippen LogP contribution in [0.15, 0.2) is 6.07 Å². The lowest BCUT2D eigenvalue weighted by molar-refractivity contribution is -0.0830. The van der Waals surface area contributed by atoms with Crippen LogP contribution in [-0.4, -0.2) is 31.5 Å². The number of hydrogen-bond acceptors (Lipinski definition) is 5. The molecule has 0 spiro atoms. The molecule has 0 fully saturated rings. The Morgan fingerprint density at radius 1 is 1.10 bits per heavy atom. The lowest BCUT2D eigenvalue weighted by atomic mass is 9.90. The first-order valence-electron chi connectivity index (χ1n) is 7.19. The summed E-state index contributed by atoms with van der Waals surface area (Å²) >= 11 is 0. The highest BCUT2D eigenvalue weighted by atomic mass is 16.5. The van der Waals surface area contributed by atoms with Gasteiger partial charge in [0.25, 0.3) is 0 Å². The number of aliphatic hydroxyl groups is 1. The lowest BCUT2D eigenvalue weighted by Gasteiger charge is -2.35. The van der Waals surface area contributed by atoms with Gasteiger partial charge in [-0.3, -0.25) is 0 Å². The fourth-order valence-electron chi connectivity index (χ4n) is 2.74. The molecule has 0 bridgehead atoms. The van der Waals surface area contributed by atoms with Crippen molar-refractivity contribution in [3.8, 4) is 17.2 Å². The maximum absolute atomic E-state index is 10.6. The van der Waals surface area contributed by atoms with Gasteiger partial charge in [0.15, 0.2) is 11.5 Å². The molecule has 0 saturated heterocycles. The molecule has 1 aliphatic heterocycles. The highest BCUT2D eigenvalue weighted by Gasteiger charge is 2.37. The van der Waals surface area contributed by atoms with Crippen LogP contribution in [0.2, 0.25) is 0 Å². The Bertz CT molecular complexity index is 512. The molecule has 0 unspecified atom stereocenters. The topological polar surface area (TPSA) is 57.2 Å². The van der Waals surface area contributed by atoms with Crippen LogP contribution in [0.3, 0.4) is 0 Å². The van der Waals surface area contributed by atoms with Crippen molar-refractivity contribution < 1.29 is 24.1 Å². The molecule has 1 aromatic carbocycles. The molecule has 0 saturated carbocycles. The number of hydrogen-bond donors (Lipinski definition) is 1. The van der Waals surface area contributed by atoms with Gasteiger partial charge in [0.2, 0.25) is 0 Å². The third-order valence-electron chi connectivity index (χ3n) is 3.65. The van der Waals surface area contributed by atoms with Gasteiger partial charge in [0.05, 0.1) is 32.5 Å². The predicted molar refractivity (Wildman–Crippen MR) is 79.2 cm³/mol. The molecule has 1 N–H and O–H groups in total. The van der Waals surface area contributed by atoms with E-state index in [0.717, 1.165) is 5.56 Å². The van der Waals surface area contributed by atoms with E-state index in [1.807, 2.05) is 27.7 Å². The Kier molecular flexibility index (Phi) is 4.64. The molecule has 1 aliphatic rings. The third kappa shape index (κ3) is 2.80. The molecule has 0 amide bonds. The molecule has 0 aliphatic carbocycles. The van der Waals surface area contributed by atoms with Crippen LogP contribution in [0.25, 0.3) is 0 Å². The Balaban J connectivity index is 2.72. The van der Waals surface area contributed by atoms with Gasteiger partial charge in [0, 0.05) is 17.2 Å². The normalized spacial score (nSPS) is 24.7. The van der Waals surface area contributed by atoms with Crippen molar-refractivity contribution in [1.29, 1.82) is 0 Å². The van der Waals surface area contributed by atoms with Gasteiger partial charge in [-0.2, -0.15) is 0 Å². The van der Waals surface area contributed by atoms with Gasteiger partial charge >= 0.3 is 0 Å². The Labute approximate surface area is 125 Å².